The van der Waals surface area contributed by atoms with Gasteiger partial charge in [0, 0.05) is 23.7 Å². The first-order chi connectivity index (χ1) is 16.7. The van der Waals surface area contributed by atoms with Crippen molar-refractivity contribution in [3.63, 3.8) is 0 Å². The molecule has 2 rings (SSSR count). The Labute approximate surface area is 223 Å². The molecule has 0 spiro atoms. The topological polar surface area (TPSA) is 41.5 Å². The smallest absolute Gasteiger partial charge is 0.169 e. The van der Waals surface area contributed by atoms with Gasteiger partial charge in [-0.15, -0.1) is 0 Å². The molecule has 2 aromatic carbocycles. The zero-order chi connectivity index (χ0) is 25.7. The Morgan fingerprint density at radius 2 is 1.40 bits per heavy atom. The minimum Gasteiger partial charge on any atom is -0.508 e. The molecule has 1 atom stereocenters. The number of nitrogens with one attached hydrogen (secondary N) is 1. The van der Waals surface area contributed by atoms with Crippen LogP contribution in [0.5, 0.6) is 11.5 Å². The Morgan fingerprint density at radius 1 is 0.857 bits per heavy atom. The predicted octanol–water partition coefficient (Wildman–Crippen LogP) is 10.3. The van der Waals surface area contributed by atoms with Gasteiger partial charge in [-0.05, 0) is 42.2 Å². The van der Waals surface area contributed by atoms with Crippen LogP contribution in [0.25, 0.3) is 0 Å². The molecule has 0 aliphatic rings. The molecule has 0 saturated carbocycles. The number of hydrogen-bond donors (Lipinski definition) is 2. The van der Waals surface area contributed by atoms with Crippen molar-refractivity contribution in [3.8, 4) is 11.5 Å². The minimum absolute atomic E-state index is 0.182. The Bertz CT molecular complexity index is 859. The number of phenols is 1. The lowest BCUT2D eigenvalue weighted by molar-refractivity contribution is 0.213. The highest BCUT2D eigenvalue weighted by atomic mass is 35.5. The highest BCUT2D eigenvalue weighted by Gasteiger charge is 2.20. The number of phenolic OH excluding ortho intramolecular Hbond substituents is 1. The molecular formula is C30H44Cl2NO2. The molecule has 0 aromatic heterocycles. The van der Waals surface area contributed by atoms with Gasteiger partial charge >= 0.3 is 0 Å². The maximum Gasteiger partial charge on any atom is 0.169 e. The molecule has 0 saturated heterocycles. The van der Waals surface area contributed by atoms with Crippen LogP contribution >= 0.6 is 23.2 Å². The van der Waals surface area contributed by atoms with E-state index in [1.165, 1.54) is 64.2 Å². The SMILES string of the molecule is CCCCCCCCCCCCCC(Nc1cc(Cl)[c]c(Cl)c1)Oc1ccc(O)c(C(C)(C)C)c1. The van der Waals surface area contributed by atoms with Crippen LogP contribution in [0, 0.1) is 6.07 Å². The fourth-order valence-electron chi connectivity index (χ4n) is 4.28. The number of ether oxygens (including phenoxy) is 1. The predicted molar refractivity (Wildman–Crippen MR) is 151 cm³/mol. The maximum absolute atomic E-state index is 10.3. The van der Waals surface area contributed by atoms with E-state index in [4.69, 9.17) is 27.9 Å². The molecule has 3 nitrogen and oxygen atoms in total. The molecule has 0 aliphatic carbocycles. The van der Waals surface area contributed by atoms with Gasteiger partial charge in [0.2, 0.25) is 0 Å². The van der Waals surface area contributed by atoms with Crippen LogP contribution in [0.15, 0.2) is 30.3 Å². The second-order valence-corrected chi connectivity index (χ2v) is 11.4. The van der Waals surface area contributed by atoms with Gasteiger partial charge in [-0.3, -0.25) is 0 Å². The molecule has 1 unspecified atom stereocenters. The summed E-state index contributed by atoms with van der Waals surface area (Å²) in [6.45, 7) is 8.51. The summed E-state index contributed by atoms with van der Waals surface area (Å²) in [5, 5.41) is 14.7. The number of unbranched alkanes of at least 4 members (excludes halogenated alkanes) is 10. The van der Waals surface area contributed by atoms with Crippen molar-refractivity contribution in [3.05, 3.63) is 52.0 Å². The Kier molecular flexibility index (Phi) is 13.1. The van der Waals surface area contributed by atoms with Gasteiger partial charge in [0.15, 0.2) is 6.23 Å². The molecule has 1 radical (unpaired) electrons. The minimum atomic E-state index is -0.236. The molecule has 195 valence electrons. The van der Waals surface area contributed by atoms with Crippen molar-refractivity contribution in [2.45, 2.75) is 116 Å². The molecule has 0 heterocycles. The van der Waals surface area contributed by atoms with Crippen LogP contribution in [-0.2, 0) is 5.41 Å². The second-order valence-electron chi connectivity index (χ2n) is 10.6. The normalized spacial score (nSPS) is 12.5. The van der Waals surface area contributed by atoms with E-state index >= 15 is 0 Å². The third-order valence-electron chi connectivity index (χ3n) is 6.26. The van der Waals surface area contributed by atoms with Gasteiger partial charge in [-0.1, -0.05) is 115 Å². The lowest BCUT2D eigenvalue weighted by Crippen LogP contribution is -2.26. The zero-order valence-corrected chi connectivity index (χ0v) is 23.6. The zero-order valence-electron chi connectivity index (χ0n) is 22.1. The van der Waals surface area contributed by atoms with Crippen LogP contribution in [0.3, 0.4) is 0 Å². The summed E-state index contributed by atoms with van der Waals surface area (Å²) in [5.74, 6) is 1.02. The van der Waals surface area contributed by atoms with Crippen molar-refractivity contribution >= 4 is 28.9 Å². The van der Waals surface area contributed by atoms with Crippen LogP contribution in [0.1, 0.15) is 110 Å². The summed E-state index contributed by atoms with van der Waals surface area (Å²) in [6, 6.07) is 12.0. The monoisotopic (exact) mass is 520 g/mol. The molecule has 2 aromatic rings. The van der Waals surface area contributed by atoms with Gasteiger partial charge in [0.1, 0.15) is 11.5 Å². The van der Waals surface area contributed by atoms with Crippen molar-refractivity contribution in [1.82, 2.24) is 0 Å². The average molecular weight is 522 g/mol. The Balaban J connectivity index is 1.90. The average Bonchev–Trinajstić information content (AvgIpc) is 2.77. The van der Waals surface area contributed by atoms with Crippen molar-refractivity contribution in [1.29, 1.82) is 0 Å². The third kappa shape index (κ3) is 11.8. The summed E-state index contributed by atoms with van der Waals surface area (Å²) >= 11 is 12.3. The fraction of sp³-hybridized carbons (Fsp3) is 0.600. The van der Waals surface area contributed by atoms with Crippen LogP contribution < -0.4 is 10.1 Å². The highest BCUT2D eigenvalue weighted by molar-refractivity contribution is 6.34. The molecular weight excluding hydrogens is 477 g/mol. The lowest BCUT2D eigenvalue weighted by atomic mass is 9.86. The number of benzene rings is 2. The van der Waals surface area contributed by atoms with E-state index in [9.17, 15) is 5.11 Å². The molecule has 35 heavy (non-hydrogen) atoms. The van der Waals surface area contributed by atoms with E-state index in [0.717, 1.165) is 29.8 Å². The van der Waals surface area contributed by atoms with E-state index in [-0.39, 0.29) is 17.4 Å². The summed E-state index contributed by atoms with van der Waals surface area (Å²) in [5.41, 5.74) is 1.49. The van der Waals surface area contributed by atoms with Crippen LogP contribution in [0.2, 0.25) is 10.0 Å². The van der Waals surface area contributed by atoms with Gasteiger partial charge in [-0.25, -0.2) is 0 Å². The molecule has 0 aliphatic heterocycles. The molecule has 0 fully saturated rings. The van der Waals surface area contributed by atoms with Gasteiger partial charge < -0.3 is 15.2 Å². The number of hydrogen-bond acceptors (Lipinski definition) is 3. The molecule has 5 heteroatoms. The number of rotatable bonds is 16. The second kappa shape index (κ2) is 15.5. The standard InChI is InChI=1S/C30H44Cl2NO2/c1-5-6-7-8-9-10-11-12-13-14-15-16-29(33-25-20-23(31)19-24(32)21-25)35-26-17-18-28(34)27(22-26)30(2,3)4/h17-18,20-22,29,33-34H,5-16H2,1-4H3. The summed E-state index contributed by atoms with van der Waals surface area (Å²) in [7, 11) is 0. The van der Waals surface area contributed by atoms with E-state index in [1.54, 1.807) is 6.07 Å². The first-order valence-corrected chi connectivity index (χ1v) is 14.1. The number of halogens is 2. The van der Waals surface area contributed by atoms with Gasteiger partial charge in [0.05, 0.1) is 10.0 Å². The third-order valence-corrected chi connectivity index (χ3v) is 6.66. The Morgan fingerprint density at radius 3 is 1.94 bits per heavy atom. The van der Waals surface area contributed by atoms with Gasteiger partial charge in [0.25, 0.3) is 0 Å². The Hall–Kier alpha value is -1.58. The van der Waals surface area contributed by atoms with Crippen molar-refractivity contribution in [2.24, 2.45) is 0 Å². The quantitative estimate of drug-likeness (QED) is 0.171. The summed E-state index contributed by atoms with van der Waals surface area (Å²) in [4.78, 5) is 0. The maximum atomic E-state index is 10.3. The molecule has 0 bridgehead atoms. The van der Waals surface area contributed by atoms with E-state index < -0.39 is 0 Å². The molecule has 2 N–H and O–H groups in total. The number of aromatic hydroxyl groups is 1. The van der Waals surface area contributed by atoms with Crippen LogP contribution in [0.4, 0.5) is 5.69 Å². The van der Waals surface area contributed by atoms with E-state index in [0.29, 0.717) is 10.0 Å². The van der Waals surface area contributed by atoms with Gasteiger partial charge in [-0.2, -0.15) is 0 Å². The van der Waals surface area contributed by atoms with Crippen molar-refractivity contribution in [2.75, 3.05) is 5.32 Å². The highest BCUT2D eigenvalue weighted by Crippen LogP contribution is 2.34. The summed E-state index contributed by atoms with van der Waals surface area (Å²) in [6.07, 6.45) is 15.0. The molecule has 0 amide bonds. The lowest BCUT2D eigenvalue weighted by Gasteiger charge is -2.25. The number of anilines is 1. The first-order valence-electron chi connectivity index (χ1n) is 13.3. The van der Waals surface area contributed by atoms with Crippen LogP contribution in [-0.4, -0.2) is 11.3 Å². The fourth-order valence-corrected chi connectivity index (χ4v) is 4.77. The van der Waals surface area contributed by atoms with E-state index in [1.807, 2.05) is 24.3 Å². The summed E-state index contributed by atoms with van der Waals surface area (Å²) < 4.78 is 6.36. The largest absolute Gasteiger partial charge is 0.508 e. The van der Waals surface area contributed by atoms with Crippen molar-refractivity contribution < 1.29 is 9.84 Å². The van der Waals surface area contributed by atoms with E-state index in [2.05, 4.69) is 39.1 Å². The first kappa shape index (κ1) is 29.6.